The van der Waals surface area contributed by atoms with Gasteiger partial charge in [0.1, 0.15) is 0 Å². The van der Waals surface area contributed by atoms with Crippen LogP contribution in [0.4, 0.5) is 0 Å². The molecule has 0 aromatic carbocycles. The fraction of sp³-hybridized carbons (Fsp3) is 0.750. The molecular weight excluding hydrogens is 176 g/mol. The molecule has 0 N–H and O–H groups in total. The lowest BCUT2D eigenvalue weighted by Crippen LogP contribution is -2.23. The molecule has 0 aromatic heterocycles. The Hall–Kier alpha value is -0.100. The van der Waals surface area contributed by atoms with Crippen LogP contribution in [0.5, 0.6) is 0 Å². The van der Waals surface area contributed by atoms with Crippen LogP contribution in [0, 0.1) is 5.08 Å². The van der Waals surface area contributed by atoms with Gasteiger partial charge in [-0.15, -0.1) is 0 Å². The minimum atomic E-state index is -3.40. The van der Waals surface area contributed by atoms with Gasteiger partial charge in [-0.05, 0) is 6.42 Å². The molecule has 1 rings (SSSR count). The Morgan fingerprint density at radius 1 is 0.900 bits per heavy atom. The van der Waals surface area contributed by atoms with Crippen molar-refractivity contribution in [2.45, 2.75) is 6.42 Å². The lowest BCUT2D eigenvalue weighted by Gasteiger charge is -2.09. The molecule has 0 saturated carbocycles. The zero-order chi connectivity index (χ0) is 7.83. The maximum Gasteiger partial charge on any atom is 0.193 e. The van der Waals surface area contributed by atoms with Gasteiger partial charge in [-0.3, -0.25) is 0 Å². The summed E-state index contributed by atoms with van der Waals surface area (Å²) in [5, 5.41) is 0.462. The third kappa shape index (κ3) is 1.95. The van der Waals surface area contributed by atoms with E-state index >= 15 is 0 Å². The first-order valence-electron chi connectivity index (χ1n) is 2.72. The molecule has 4 nitrogen and oxygen atoms in total. The average molecular weight is 183 g/mol. The fourth-order valence-electron chi connectivity index (χ4n) is 0.781. The van der Waals surface area contributed by atoms with Crippen LogP contribution >= 0.6 is 0 Å². The minimum Gasteiger partial charge on any atom is -0.227 e. The topological polar surface area (TPSA) is 68.3 Å². The molecule has 1 radical (unpaired) electrons. The van der Waals surface area contributed by atoms with Gasteiger partial charge in [0.15, 0.2) is 24.8 Å². The first-order chi connectivity index (χ1) is 4.41. The van der Waals surface area contributed by atoms with Crippen molar-refractivity contribution in [2.24, 2.45) is 0 Å². The van der Waals surface area contributed by atoms with Crippen molar-refractivity contribution >= 4 is 19.7 Å². The van der Waals surface area contributed by atoms with E-state index in [1.165, 1.54) is 0 Å². The highest BCUT2D eigenvalue weighted by molar-refractivity contribution is 8.11. The number of hydrogen-bond donors (Lipinski definition) is 0. The van der Waals surface area contributed by atoms with Gasteiger partial charge in [-0.2, -0.15) is 0 Å². The van der Waals surface area contributed by atoms with E-state index in [0.717, 1.165) is 0 Å². The molecule has 0 aromatic rings. The highest BCUT2D eigenvalue weighted by Gasteiger charge is 2.28. The number of rotatable bonds is 0. The van der Waals surface area contributed by atoms with Crippen molar-refractivity contribution in [3.63, 3.8) is 0 Å². The molecule has 0 amide bonds. The molecule has 0 atom stereocenters. The van der Waals surface area contributed by atoms with E-state index in [4.69, 9.17) is 0 Å². The highest BCUT2D eigenvalue weighted by atomic mass is 32.3. The molecular formula is C4H7O4S2. The fourth-order valence-corrected chi connectivity index (χ4v) is 4.61. The van der Waals surface area contributed by atoms with Crippen molar-refractivity contribution in [1.29, 1.82) is 0 Å². The average Bonchev–Trinajstić information content (AvgIpc) is 1.56. The summed E-state index contributed by atoms with van der Waals surface area (Å²) in [6.45, 7) is 0. The van der Waals surface area contributed by atoms with Gasteiger partial charge in [0.25, 0.3) is 0 Å². The summed E-state index contributed by atoms with van der Waals surface area (Å²) >= 11 is 0. The molecule has 1 aliphatic heterocycles. The van der Waals surface area contributed by atoms with E-state index < -0.39 is 19.7 Å². The Morgan fingerprint density at radius 3 is 1.50 bits per heavy atom. The van der Waals surface area contributed by atoms with Crippen molar-refractivity contribution in [3.8, 4) is 0 Å². The Kier molecular flexibility index (Phi) is 1.76. The molecule has 10 heavy (non-hydrogen) atoms. The van der Waals surface area contributed by atoms with Gasteiger partial charge in [-0.1, -0.05) is 0 Å². The van der Waals surface area contributed by atoms with Crippen LogP contribution < -0.4 is 0 Å². The molecule has 0 unspecified atom stereocenters. The maximum atomic E-state index is 10.6. The first kappa shape index (κ1) is 8.00. The molecule has 0 aliphatic carbocycles. The smallest absolute Gasteiger partial charge is 0.193 e. The van der Waals surface area contributed by atoms with Gasteiger partial charge in [-0.25, -0.2) is 16.8 Å². The van der Waals surface area contributed by atoms with Gasteiger partial charge < -0.3 is 0 Å². The first-order valence-corrected chi connectivity index (χ1v) is 6.15. The SMILES string of the molecule is O=S1(=O)[CH]S(=O)(=O)CCC1. The van der Waals surface area contributed by atoms with E-state index in [-0.39, 0.29) is 17.9 Å². The van der Waals surface area contributed by atoms with Crippen molar-refractivity contribution in [2.75, 3.05) is 11.5 Å². The largest absolute Gasteiger partial charge is 0.227 e. The third-order valence-electron chi connectivity index (χ3n) is 1.15. The predicted octanol–water partition coefficient (Wildman–Crippen LogP) is -0.661. The molecule has 6 heteroatoms. The molecule has 0 spiro atoms. The third-order valence-corrected chi connectivity index (χ3v) is 5.21. The predicted molar refractivity (Wildman–Crippen MR) is 36.5 cm³/mol. The van der Waals surface area contributed by atoms with Crippen molar-refractivity contribution < 1.29 is 16.8 Å². The summed E-state index contributed by atoms with van der Waals surface area (Å²) in [5.74, 6) is -0.0710. The lowest BCUT2D eigenvalue weighted by molar-refractivity contribution is 0.586. The van der Waals surface area contributed by atoms with E-state index in [9.17, 15) is 16.8 Å². The van der Waals surface area contributed by atoms with Crippen LogP contribution in [0.3, 0.4) is 0 Å². The monoisotopic (exact) mass is 183 g/mol. The molecule has 1 fully saturated rings. The minimum absolute atomic E-state index is 0.0355. The van der Waals surface area contributed by atoms with E-state index in [2.05, 4.69) is 0 Å². The van der Waals surface area contributed by atoms with E-state index in [0.29, 0.717) is 5.08 Å². The summed E-state index contributed by atoms with van der Waals surface area (Å²) in [7, 11) is -6.81. The Labute approximate surface area is 60.1 Å². The molecule has 1 saturated heterocycles. The Balaban J connectivity index is 2.97. The molecule has 59 valence electrons. The maximum absolute atomic E-state index is 10.6. The van der Waals surface area contributed by atoms with Crippen LogP contribution in [-0.2, 0) is 19.7 Å². The van der Waals surface area contributed by atoms with Gasteiger partial charge >= 0.3 is 0 Å². The van der Waals surface area contributed by atoms with Crippen LogP contribution in [0.1, 0.15) is 6.42 Å². The van der Waals surface area contributed by atoms with E-state index in [1.807, 2.05) is 0 Å². The van der Waals surface area contributed by atoms with Crippen LogP contribution in [0.2, 0.25) is 0 Å². The summed E-state index contributed by atoms with van der Waals surface area (Å²) in [6, 6.07) is 0. The van der Waals surface area contributed by atoms with Gasteiger partial charge in [0.2, 0.25) is 0 Å². The second kappa shape index (κ2) is 2.20. The second-order valence-corrected chi connectivity index (χ2v) is 6.42. The molecule has 1 aliphatic rings. The standard InChI is InChI=1S/C4H7O4S2/c5-9(6)2-1-3-10(7,8)4-9/h4H,1-3H2. The van der Waals surface area contributed by atoms with Crippen molar-refractivity contribution in [3.05, 3.63) is 5.08 Å². The zero-order valence-corrected chi connectivity index (χ0v) is 6.78. The lowest BCUT2D eigenvalue weighted by atomic mass is 10.6. The summed E-state index contributed by atoms with van der Waals surface area (Å²) < 4.78 is 42.5. The summed E-state index contributed by atoms with van der Waals surface area (Å²) in [6.07, 6.45) is 0.223. The van der Waals surface area contributed by atoms with E-state index in [1.54, 1.807) is 0 Å². The van der Waals surface area contributed by atoms with Crippen LogP contribution in [-0.4, -0.2) is 28.3 Å². The van der Waals surface area contributed by atoms with Crippen LogP contribution in [0.15, 0.2) is 0 Å². The normalized spacial score (nSPS) is 29.6. The summed E-state index contributed by atoms with van der Waals surface area (Å²) in [5.41, 5.74) is 0. The van der Waals surface area contributed by atoms with Gasteiger partial charge in [0, 0.05) is 0 Å². The van der Waals surface area contributed by atoms with Crippen molar-refractivity contribution in [1.82, 2.24) is 0 Å². The molecule has 1 heterocycles. The van der Waals surface area contributed by atoms with Crippen LogP contribution in [0.25, 0.3) is 0 Å². The zero-order valence-electron chi connectivity index (χ0n) is 5.15. The second-order valence-electron chi connectivity index (χ2n) is 2.18. The summed E-state index contributed by atoms with van der Waals surface area (Å²) in [4.78, 5) is 0. The van der Waals surface area contributed by atoms with Gasteiger partial charge in [0.05, 0.1) is 11.5 Å². The number of hydrogen-bond acceptors (Lipinski definition) is 4. The Morgan fingerprint density at radius 2 is 1.30 bits per heavy atom. The highest BCUT2D eigenvalue weighted by Crippen LogP contribution is 2.14. The Bertz CT molecular complexity index is 277. The quantitative estimate of drug-likeness (QED) is 0.500. The molecule has 0 bridgehead atoms. The number of sulfone groups is 2.